The summed E-state index contributed by atoms with van der Waals surface area (Å²) >= 11 is 0. The molecule has 0 spiro atoms. The Bertz CT molecular complexity index is 2200. The van der Waals surface area contributed by atoms with Crippen LogP contribution in [-0.2, 0) is 29.1 Å². The Morgan fingerprint density at radius 3 is 2.51 bits per heavy atom. The first-order valence-electron chi connectivity index (χ1n) is 19.1. The van der Waals surface area contributed by atoms with Crippen LogP contribution in [0.25, 0.3) is 21.9 Å². The van der Waals surface area contributed by atoms with E-state index in [9.17, 15) is 32.4 Å². The third kappa shape index (κ3) is 8.31. The van der Waals surface area contributed by atoms with Gasteiger partial charge in [0.2, 0.25) is 21.8 Å². The number of amides is 4. The van der Waals surface area contributed by atoms with Crippen LogP contribution in [0.4, 0.5) is 4.79 Å². The van der Waals surface area contributed by atoms with Crippen molar-refractivity contribution in [3.8, 4) is 11.1 Å². The van der Waals surface area contributed by atoms with E-state index < -0.39 is 79.8 Å². The molecule has 1 saturated heterocycles. The molecule has 4 amide bonds. The van der Waals surface area contributed by atoms with E-state index in [-0.39, 0.29) is 25.8 Å². The molecule has 5 atom stereocenters. The number of nitrogens with zero attached hydrogens (tertiary/aromatic N) is 3. The molecule has 3 heterocycles. The van der Waals surface area contributed by atoms with Gasteiger partial charge in [0.15, 0.2) is 0 Å². The molecule has 3 aromatic rings. The SMILES string of the molecule is CC(C)(C)OC(=O)N[C@H]1CCCCC/C=C\[C@@H]2CC2(C(=O)NS(=O)(=O)C2CC2)NC(=O)[C@@H]2CC(n3ncc(-c4cccc5ccccc45)cc3=O)CN2C1=O. The molecule has 292 valence electrons. The Labute approximate surface area is 320 Å². The average molecular weight is 773 g/mol. The summed E-state index contributed by atoms with van der Waals surface area (Å²) in [5, 5.41) is 11.4. The minimum absolute atomic E-state index is 0.0180. The maximum absolute atomic E-state index is 14.5. The summed E-state index contributed by atoms with van der Waals surface area (Å²) < 4.78 is 34.6. The summed E-state index contributed by atoms with van der Waals surface area (Å²) in [6.07, 6.45) is 8.75. The van der Waals surface area contributed by atoms with Crippen LogP contribution in [0.5, 0.6) is 0 Å². The molecule has 2 unspecified atom stereocenters. The normalized spacial score (nSPS) is 26.8. The lowest BCUT2D eigenvalue weighted by atomic mass is 10.00. The van der Waals surface area contributed by atoms with Crippen LogP contribution in [-0.4, -0.2) is 81.9 Å². The molecule has 2 aliphatic heterocycles. The van der Waals surface area contributed by atoms with Gasteiger partial charge in [-0.3, -0.25) is 23.9 Å². The number of alkyl carbamates (subject to hydrolysis) is 1. The van der Waals surface area contributed by atoms with Gasteiger partial charge < -0.3 is 20.3 Å². The van der Waals surface area contributed by atoms with Crippen molar-refractivity contribution in [2.75, 3.05) is 6.54 Å². The number of aromatic nitrogens is 2. The van der Waals surface area contributed by atoms with Gasteiger partial charge in [0.25, 0.3) is 11.5 Å². The van der Waals surface area contributed by atoms with Gasteiger partial charge in [-0.2, -0.15) is 5.10 Å². The number of carbonyl (C=O) groups is 4. The number of rotatable bonds is 6. The lowest BCUT2D eigenvalue weighted by molar-refractivity contribution is -0.141. The van der Waals surface area contributed by atoms with Gasteiger partial charge in [0.05, 0.1) is 17.5 Å². The Kier molecular flexibility index (Phi) is 10.3. The first-order chi connectivity index (χ1) is 26.1. The summed E-state index contributed by atoms with van der Waals surface area (Å²) in [7, 11) is -3.91. The standard InChI is InChI=1S/C40H48N6O8S/c1-39(2,3)54-38(51)42-32-17-8-6-4-5-7-14-27-22-40(27,37(50)44-55(52,53)29-18-19-29)43-35(48)33-21-28(24-45(33)36(32)49)46-34(47)20-26(23-41-46)31-16-11-13-25-12-9-10-15-30(25)31/h7,9-16,20,23,27-29,32-33H,4-6,8,17-19,21-22,24H2,1-3H3,(H,42,51)(H,43,48)(H,44,50)/b14-7-/t27-,28?,32+,33+,40?/m1/s1. The van der Waals surface area contributed by atoms with Crippen molar-refractivity contribution in [2.24, 2.45) is 5.92 Å². The van der Waals surface area contributed by atoms with E-state index in [1.165, 1.54) is 15.6 Å². The molecule has 0 bridgehead atoms. The first-order valence-corrected chi connectivity index (χ1v) is 20.6. The number of nitrogens with one attached hydrogen (secondary N) is 3. The molecule has 2 aliphatic carbocycles. The quantitative estimate of drug-likeness (QED) is 0.310. The van der Waals surface area contributed by atoms with E-state index in [0.717, 1.165) is 29.2 Å². The lowest BCUT2D eigenvalue weighted by Crippen LogP contribution is -2.58. The van der Waals surface area contributed by atoms with Crippen molar-refractivity contribution in [1.82, 2.24) is 30.0 Å². The molecule has 3 fully saturated rings. The van der Waals surface area contributed by atoms with Crippen molar-refractivity contribution in [2.45, 2.75) is 113 Å². The smallest absolute Gasteiger partial charge is 0.408 e. The molecule has 55 heavy (non-hydrogen) atoms. The third-order valence-electron chi connectivity index (χ3n) is 10.8. The third-order valence-corrected chi connectivity index (χ3v) is 12.6. The van der Waals surface area contributed by atoms with Crippen molar-refractivity contribution in [3.05, 3.63) is 77.2 Å². The molecule has 7 rings (SSSR count). The number of hydrogen-bond acceptors (Lipinski definition) is 9. The first kappa shape index (κ1) is 38.2. The fourth-order valence-corrected chi connectivity index (χ4v) is 9.09. The van der Waals surface area contributed by atoms with E-state index in [1.54, 1.807) is 27.0 Å². The van der Waals surface area contributed by atoms with Gasteiger partial charge in [0, 0.05) is 30.5 Å². The highest BCUT2D eigenvalue weighted by Crippen LogP contribution is 2.46. The molecule has 15 heteroatoms. The highest BCUT2D eigenvalue weighted by Gasteiger charge is 2.62. The van der Waals surface area contributed by atoms with E-state index in [0.29, 0.717) is 31.2 Å². The van der Waals surface area contributed by atoms with Crippen LogP contribution < -0.4 is 20.9 Å². The topological polar surface area (TPSA) is 186 Å². The maximum atomic E-state index is 14.5. The second-order valence-corrected chi connectivity index (χ2v) is 18.1. The van der Waals surface area contributed by atoms with Crippen LogP contribution in [0, 0.1) is 5.92 Å². The van der Waals surface area contributed by atoms with Crippen molar-refractivity contribution < 1.29 is 32.3 Å². The van der Waals surface area contributed by atoms with Crippen LogP contribution in [0.2, 0.25) is 0 Å². The molecule has 14 nitrogen and oxygen atoms in total. The van der Waals surface area contributed by atoms with E-state index >= 15 is 0 Å². The van der Waals surface area contributed by atoms with Crippen molar-refractivity contribution in [1.29, 1.82) is 0 Å². The summed E-state index contributed by atoms with van der Waals surface area (Å²) in [4.78, 5) is 70.8. The number of ether oxygens (including phenoxy) is 1. The van der Waals surface area contributed by atoms with Gasteiger partial charge in [0.1, 0.15) is 23.2 Å². The highest BCUT2D eigenvalue weighted by atomic mass is 32.2. The average Bonchev–Trinajstić information content (AvgIpc) is 4.05. The van der Waals surface area contributed by atoms with Gasteiger partial charge in [-0.1, -0.05) is 67.5 Å². The van der Waals surface area contributed by atoms with E-state index in [2.05, 4.69) is 20.5 Å². The predicted octanol–water partition coefficient (Wildman–Crippen LogP) is 4.10. The Hall–Kier alpha value is -5.05. The zero-order chi connectivity index (χ0) is 39.1. The number of sulfonamides is 1. The van der Waals surface area contributed by atoms with Gasteiger partial charge >= 0.3 is 6.09 Å². The number of fused-ring (bicyclic) bond motifs is 3. The maximum Gasteiger partial charge on any atom is 0.408 e. The minimum Gasteiger partial charge on any atom is -0.444 e. The van der Waals surface area contributed by atoms with Crippen LogP contribution in [0.15, 0.2) is 71.7 Å². The second-order valence-electron chi connectivity index (χ2n) is 16.2. The monoisotopic (exact) mass is 772 g/mol. The fourth-order valence-electron chi connectivity index (χ4n) is 7.72. The molecule has 3 N–H and O–H groups in total. The van der Waals surface area contributed by atoms with E-state index in [4.69, 9.17) is 4.74 Å². The number of allylic oxidation sites excluding steroid dienone is 1. The molecule has 1 aromatic heterocycles. The number of hydrogen-bond donors (Lipinski definition) is 3. The highest BCUT2D eigenvalue weighted by molar-refractivity contribution is 7.91. The molecular formula is C40H48N6O8S. The molecule has 4 aliphatic rings. The number of benzene rings is 2. The lowest BCUT2D eigenvalue weighted by Gasteiger charge is -2.30. The van der Waals surface area contributed by atoms with Crippen molar-refractivity contribution in [3.63, 3.8) is 0 Å². The Morgan fingerprint density at radius 2 is 1.76 bits per heavy atom. The molecule has 2 aromatic carbocycles. The van der Waals surface area contributed by atoms with Gasteiger partial charge in [-0.05, 0) is 75.6 Å². The van der Waals surface area contributed by atoms with Crippen LogP contribution >= 0.6 is 0 Å². The molecular weight excluding hydrogens is 725 g/mol. The van der Waals surface area contributed by atoms with Gasteiger partial charge in [-0.25, -0.2) is 17.9 Å². The number of carbonyl (C=O) groups excluding carboxylic acids is 4. The largest absolute Gasteiger partial charge is 0.444 e. The van der Waals surface area contributed by atoms with Crippen LogP contribution in [0.3, 0.4) is 0 Å². The summed E-state index contributed by atoms with van der Waals surface area (Å²) in [5.74, 6) is -2.48. The minimum atomic E-state index is -3.91. The van der Waals surface area contributed by atoms with Crippen molar-refractivity contribution >= 4 is 44.6 Å². The van der Waals surface area contributed by atoms with E-state index in [1.807, 2.05) is 54.6 Å². The zero-order valence-corrected chi connectivity index (χ0v) is 32.1. The predicted molar refractivity (Wildman–Crippen MR) is 205 cm³/mol. The Balaban J connectivity index is 1.21. The zero-order valence-electron chi connectivity index (χ0n) is 31.3. The van der Waals surface area contributed by atoms with Crippen LogP contribution in [0.1, 0.15) is 84.6 Å². The fraction of sp³-hybridized carbons (Fsp3) is 0.500. The van der Waals surface area contributed by atoms with Gasteiger partial charge in [-0.15, -0.1) is 0 Å². The summed E-state index contributed by atoms with van der Waals surface area (Å²) in [6, 6.07) is 12.2. The second kappa shape index (κ2) is 14.9. The Morgan fingerprint density at radius 1 is 1.00 bits per heavy atom. The summed E-state index contributed by atoms with van der Waals surface area (Å²) in [5.41, 5.74) is -1.34. The molecule has 2 saturated carbocycles. The molecule has 0 radical (unpaired) electrons. The summed E-state index contributed by atoms with van der Waals surface area (Å²) in [6.45, 7) is 5.07.